The molecule has 6 aromatic rings. The van der Waals surface area contributed by atoms with Gasteiger partial charge >= 0.3 is 29.9 Å². The number of nitrogens with one attached hydrogen (secondary N) is 4. The molecule has 3 aliphatic carbocycles. The molecule has 1 saturated heterocycles. The van der Waals surface area contributed by atoms with E-state index in [9.17, 15) is 58.8 Å². The molecule has 23 nitrogen and oxygen atoms in total. The molecule has 4 aliphatic rings. The molecule has 3 fully saturated rings. The van der Waals surface area contributed by atoms with Gasteiger partial charge in [-0.2, -0.15) is 0 Å². The minimum atomic E-state index is -2.45. The topological polar surface area (TPSA) is 330 Å². The van der Waals surface area contributed by atoms with Crippen molar-refractivity contribution in [2.45, 2.75) is 133 Å². The SMILES string of the molecule is CC(=O)O[C@@]12COC1C[C@H](O)C1C(=O)[C@H](O)C3=C(C)[C@@H](OC(=O)[C@H](O)[C@@H](NC(=O)NCC(=O)N[C@@H](COCc4ccccc4)C(=O)N[C@@H](Cc4ccc(OCc5ccccc5)cc4)C(=O)OCc4ccccc4)c4ccccc4)C[C@@](O)([C@@H](OC(=O)c4ccccc4)C12)C3(C)C. The van der Waals surface area contributed by atoms with E-state index in [0.717, 1.165) is 18.1 Å². The van der Waals surface area contributed by atoms with Crippen LogP contribution in [0.2, 0.25) is 0 Å². The number of amides is 4. The first-order valence-corrected chi connectivity index (χ1v) is 31.6. The molecule has 96 heavy (non-hydrogen) atoms. The Hall–Kier alpha value is -9.62. The number of fused-ring (bicyclic) bond motifs is 5. The Bertz CT molecular complexity index is 3770. The van der Waals surface area contributed by atoms with Crippen LogP contribution in [0.5, 0.6) is 5.75 Å². The van der Waals surface area contributed by atoms with Crippen LogP contribution in [0.25, 0.3) is 0 Å². The standard InChI is InChI=1S/C73H78N4O19/c1-43-55(36-73(89)65(95-67(85)50-28-18-9-19-29-50)60-58(62(81)63(82)59(43)71(73,3)4)54(79)35-56-72(60,42-93-56)96-44(2)78)94-69(87)64(83)61(49-26-16-8-17-27-49)77-70(88)74-37-57(80)75-53(41-90-38-46-20-10-5-11-21-46)66(84)76-52(68(86)92-40-48-24-14-7-15-25-48)34-45-30-32-51(33-31-45)91-39-47-22-12-6-13-23-47/h5-33,52-56,58,60-61,63-65,79,82-83,89H,34-42H2,1-4H3,(H,75,80)(H,76,84)(H2,74,77,88)/t52-,53-,54-,55-,56?,58?,60?,61-,63+,64+,65-,72-,73+/m0/s1. The number of rotatable bonds is 25. The van der Waals surface area contributed by atoms with Crippen LogP contribution in [0, 0.1) is 17.3 Å². The van der Waals surface area contributed by atoms with Crippen molar-refractivity contribution < 1.29 is 91.9 Å². The van der Waals surface area contributed by atoms with Crippen LogP contribution in [0.3, 0.4) is 0 Å². The zero-order valence-electron chi connectivity index (χ0n) is 53.4. The predicted octanol–water partition coefficient (Wildman–Crippen LogP) is 5.40. The molecule has 13 atom stereocenters. The Balaban J connectivity index is 0.859. The fourth-order valence-electron chi connectivity index (χ4n) is 13.4. The molecule has 2 saturated carbocycles. The van der Waals surface area contributed by atoms with Crippen molar-refractivity contribution in [3.8, 4) is 5.75 Å². The first kappa shape index (κ1) is 69.2. The summed E-state index contributed by atoms with van der Waals surface area (Å²) in [7, 11) is 0. The van der Waals surface area contributed by atoms with Crippen LogP contribution in [0.1, 0.15) is 84.8 Å². The van der Waals surface area contributed by atoms with Gasteiger partial charge in [0.15, 0.2) is 17.5 Å². The second kappa shape index (κ2) is 30.4. The Morgan fingerprint density at radius 3 is 1.85 bits per heavy atom. The molecule has 0 radical (unpaired) electrons. The highest BCUT2D eigenvalue weighted by atomic mass is 16.6. The van der Waals surface area contributed by atoms with Gasteiger partial charge in [-0.1, -0.05) is 166 Å². The van der Waals surface area contributed by atoms with E-state index in [0.29, 0.717) is 23.5 Å². The molecule has 10 rings (SSSR count). The highest BCUT2D eigenvalue weighted by Crippen LogP contribution is 2.61. The number of aliphatic hydroxyl groups is 4. The summed E-state index contributed by atoms with van der Waals surface area (Å²) in [6.07, 6.45) is -11.3. The molecular formula is C73H78N4O19. The van der Waals surface area contributed by atoms with E-state index in [4.69, 9.17) is 33.2 Å². The smallest absolute Gasteiger partial charge is 0.338 e. The van der Waals surface area contributed by atoms with Crippen molar-refractivity contribution in [1.29, 1.82) is 0 Å². The molecular weight excluding hydrogens is 1240 g/mol. The third kappa shape index (κ3) is 15.5. The van der Waals surface area contributed by atoms with Gasteiger partial charge in [0, 0.05) is 31.6 Å². The van der Waals surface area contributed by atoms with Crippen LogP contribution in [-0.4, -0.2) is 148 Å². The van der Waals surface area contributed by atoms with Crippen molar-refractivity contribution in [2.24, 2.45) is 17.3 Å². The summed E-state index contributed by atoms with van der Waals surface area (Å²) in [5.41, 5.74) is -2.78. The number of carbonyl (C=O) groups excluding carboxylic acids is 8. The van der Waals surface area contributed by atoms with Gasteiger partial charge < -0.3 is 74.9 Å². The lowest BCUT2D eigenvalue weighted by Gasteiger charge is -2.64. The van der Waals surface area contributed by atoms with E-state index in [1.54, 1.807) is 109 Å². The molecule has 23 heteroatoms. The Morgan fingerprint density at radius 1 is 0.677 bits per heavy atom. The van der Waals surface area contributed by atoms with Gasteiger partial charge in [-0.3, -0.25) is 19.2 Å². The molecule has 4 amide bonds. The number of urea groups is 1. The molecule has 2 bridgehead atoms. The molecule has 1 aliphatic heterocycles. The largest absolute Gasteiger partial charge is 0.489 e. The van der Waals surface area contributed by atoms with E-state index in [1.165, 1.54) is 45.0 Å². The van der Waals surface area contributed by atoms with Crippen molar-refractivity contribution >= 4 is 47.5 Å². The van der Waals surface area contributed by atoms with Gasteiger partial charge in [0.05, 0.1) is 55.9 Å². The predicted molar refractivity (Wildman–Crippen MR) is 343 cm³/mol. The number of hydrogen-bond acceptors (Lipinski definition) is 19. The van der Waals surface area contributed by atoms with E-state index in [-0.39, 0.29) is 54.9 Å². The number of Topliss-reactive ketones (excluding diaryl/α,β-unsaturated/α-hetero) is 1. The van der Waals surface area contributed by atoms with Crippen LogP contribution < -0.4 is 26.0 Å². The quantitative estimate of drug-likeness (QED) is 0.0202. The van der Waals surface area contributed by atoms with E-state index in [1.807, 2.05) is 42.5 Å². The lowest BCUT2D eigenvalue weighted by atomic mass is 9.49. The van der Waals surface area contributed by atoms with E-state index in [2.05, 4.69) is 21.3 Å². The molecule has 8 N–H and O–H groups in total. The number of aliphatic hydroxyl groups excluding tert-OH is 3. The summed E-state index contributed by atoms with van der Waals surface area (Å²) < 4.78 is 41.9. The lowest BCUT2D eigenvalue weighted by Crippen LogP contribution is -2.79. The maximum absolute atomic E-state index is 15.0. The van der Waals surface area contributed by atoms with Gasteiger partial charge in [-0.05, 0) is 70.2 Å². The summed E-state index contributed by atoms with van der Waals surface area (Å²) in [5, 5.41) is 60.1. The summed E-state index contributed by atoms with van der Waals surface area (Å²) in [6, 6.07) is 44.6. The highest BCUT2D eigenvalue weighted by molar-refractivity contribution is 5.93. The number of esters is 4. The fraction of sp³-hybridized carbons (Fsp3) is 0.370. The number of ether oxygens (including phenoxy) is 7. The maximum atomic E-state index is 15.0. The summed E-state index contributed by atoms with van der Waals surface area (Å²) in [5.74, 6) is -9.24. The molecule has 1 heterocycles. The van der Waals surface area contributed by atoms with Crippen LogP contribution in [-0.2, 0) is 83.4 Å². The zero-order chi connectivity index (χ0) is 68.3. The normalized spacial score (nSPS) is 24.3. The summed E-state index contributed by atoms with van der Waals surface area (Å²) in [6.45, 7) is 4.29. The second-order valence-corrected chi connectivity index (χ2v) is 25.0. The lowest BCUT2D eigenvalue weighted by molar-refractivity contribution is -0.332. The van der Waals surface area contributed by atoms with Crippen molar-refractivity contribution in [3.05, 3.63) is 220 Å². The first-order chi connectivity index (χ1) is 46.1. The molecule has 504 valence electrons. The Kier molecular flexibility index (Phi) is 21.9. The maximum Gasteiger partial charge on any atom is 0.338 e. The number of ketones is 1. The van der Waals surface area contributed by atoms with Crippen molar-refractivity contribution in [2.75, 3.05) is 19.8 Å². The van der Waals surface area contributed by atoms with Crippen LogP contribution >= 0.6 is 0 Å². The Morgan fingerprint density at radius 2 is 1.26 bits per heavy atom. The first-order valence-electron chi connectivity index (χ1n) is 31.6. The molecule has 0 spiro atoms. The highest BCUT2D eigenvalue weighted by Gasteiger charge is 2.74. The minimum Gasteiger partial charge on any atom is -0.489 e. The summed E-state index contributed by atoms with van der Waals surface area (Å²) >= 11 is 0. The van der Waals surface area contributed by atoms with Crippen molar-refractivity contribution in [1.82, 2.24) is 21.3 Å². The number of hydrogen-bond donors (Lipinski definition) is 8. The fourth-order valence-corrected chi connectivity index (χ4v) is 13.4. The average molecular weight is 1320 g/mol. The second-order valence-electron chi connectivity index (χ2n) is 25.0. The van der Waals surface area contributed by atoms with Gasteiger partial charge in [0.25, 0.3) is 0 Å². The minimum absolute atomic E-state index is 0.0252. The average Bonchev–Trinajstić information content (AvgIpc) is 0.682. The van der Waals surface area contributed by atoms with E-state index < -0.39 is 150 Å². The third-order valence-corrected chi connectivity index (χ3v) is 18.4. The monoisotopic (exact) mass is 1310 g/mol. The third-order valence-electron chi connectivity index (χ3n) is 18.4. The number of benzene rings is 6. The van der Waals surface area contributed by atoms with Crippen LogP contribution in [0.15, 0.2) is 187 Å². The van der Waals surface area contributed by atoms with Gasteiger partial charge in [-0.25, -0.2) is 19.2 Å². The zero-order valence-corrected chi connectivity index (χ0v) is 53.4. The van der Waals surface area contributed by atoms with Crippen LogP contribution in [0.4, 0.5) is 4.79 Å². The van der Waals surface area contributed by atoms with Gasteiger partial charge in [0.1, 0.15) is 61.1 Å². The van der Waals surface area contributed by atoms with Gasteiger partial charge in [0.2, 0.25) is 11.8 Å². The molecule has 3 unspecified atom stereocenters. The molecule has 6 aromatic carbocycles. The van der Waals surface area contributed by atoms with E-state index >= 15 is 0 Å². The number of carbonyl (C=O) groups is 8. The Labute approximate surface area is 554 Å². The molecule has 0 aromatic heterocycles. The summed E-state index contributed by atoms with van der Waals surface area (Å²) in [4.78, 5) is 113. The van der Waals surface area contributed by atoms with Crippen molar-refractivity contribution in [3.63, 3.8) is 0 Å². The van der Waals surface area contributed by atoms with Gasteiger partial charge in [-0.15, -0.1) is 0 Å².